The molecule has 2 aromatic heterocycles. The first-order chi connectivity index (χ1) is 14.7. The number of aromatic nitrogens is 3. The van der Waals surface area contributed by atoms with Gasteiger partial charge < -0.3 is 15.1 Å². The van der Waals surface area contributed by atoms with Gasteiger partial charge in [-0.05, 0) is 37.0 Å². The SMILES string of the molecule is CNc1nc(-c2ccc(N3CCN(C(=O)CC4CC4)CC3)cc2)cc2nccnc12. The third kappa shape index (κ3) is 3.79. The van der Waals surface area contributed by atoms with Crippen molar-refractivity contribution in [2.75, 3.05) is 43.4 Å². The second-order valence-corrected chi connectivity index (χ2v) is 8.09. The molecule has 1 aromatic carbocycles. The lowest BCUT2D eigenvalue weighted by Crippen LogP contribution is -2.48. The zero-order valence-electron chi connectivity index (χ0n) is 17.2. The van der Waals surface area contributed by atoms with E-state index in [-0.39, 0.29) is 0 Å². The van der Waals surface area contributed by atoms with Gasteiger partial charge in [0, 0.05) is 63.3 Å². The van der Waals surface area contributed by atoms with E-state index < -0.39 is 0 Å². The van der Waals surface area contributed by atoms with Gasteiger partial charge in [0.2, 0.25) is 5.91 Å². The monoisotopic (exact) mass is 402 g/mol. The molecule has 1 aliphatic carbocycles. The van der Waals surface area contributed by atoms with Crippen molar-refractivity contribution in [3.05, 3.63) is 42.7 Å². The number of benzene rings is 1. The van der Waals surface area contributed by atoms with E-state index >= 15 is 0 Å². The molecule has 0 unspecified atom stereocenters. The van der Waals surface area contributed by atoms with Gasteiger partial charge in [0.05, 0.1) is 11.2 Å². The molecule has 1 amide bonds. The van der Waals surface area contributed by atoms with E-state index in [1.165, 1.54) is 18.5 Å². The highest BCUT2D eigenvalue weighted by molar-refractivity contribution is 5.88. The number of hydrogen-bond donors (Lipinski definition) is 1. The summed E-state index contributed by atoms with van der Waals surface area (Å²) >= 11 is 0. The van der Waals surface area contributed by atoms with Gasteiger partial charge in [0.15, 0.2) is 5.82 Å². The number of nitrogens with zero attached hydrogens (tertiary/aromatic N) is 5. The largest absolute Gasteiger partial charge is 0.371 e. The molecule has 154 valence electrons. The minimum Gasteiger partial charge on any atom is -0.371 e. The lowest BCUT2D eigenvalue weighted by molar-refractivity contribution is -0.131. The number of nitrogens with one attached hydrogen (secondary N) is 1. The summed E-state index contributed by atoms with van der Waals surface area (Å²) in [5.74, 6) is 1.71. The minimum absolute atomic E-state index is 0.332. The van der Waals surface area contributed by atoms with Crippen LogP contribution in [0.15, 0.2) is 42.7 Å². The Bertz CT molecular complexity index is 1050. The number of anilines is 2. The van der Waals surface area contributed by atoms with Gasteiger partial charge in [0.25, 0.3) is 0 Å². The van der Waals surface area contributed by atoms with E-state index in [4.69, 9.17) is 4.98 Å². The summed E-state index contributed by atoms with van der Waals surface area (Å²) in [6.45, 7) is 3.38. The topological polar surface area (TPSA) is 74.2 Å². The highest BCUT2D eigenvalue weighted by Gasteiger charge is 2.28. The second kappa shape index (κ2) is 7.89. The van der Waals surface area contributed by atoms with Gasteiger partial charge in [-0.25, -0.2) is 9.97 Å². The molecule has 7 heteroatoms. The van der Waals surface area contributed by atoms with E-state index in [0.717, 1.165) is 60.7 Å². The average Bonchev–Trinajstić information content (AvgIpc) is 3.62. The quantitative estimate of drug-likeness (QED) is 0.707. The number of fused-ring (bicyclic) bond motifs is 1. The van der Waals surface area contributed by atoms with Crippen LogP contribution in [0, 0.1) is 5.92 Å². The summed E-state index contributed by atoms with van der Waals surface area (Å²) in [4.78, 5) is 30.2. The Morgan fingerprint density at radius 1 is 1.07 bits per heavy atom. The van der Waals surface area contributed by atoms with Gasteiger partial charge in [-0.2, -0.15) is 0 Å². The van der Waals surface area contributed by atoms with Crippen molar-refractivity contribution >= 4 is 28.4 Å². The van der Waals surface area contributed by atoms with Crippen LogP contribution in [-0.2, 0) is 4.79 Å². The van der Waals surface area contributed by atoms with Crippen LogP contribution in [-0.4, -0.2) is 59.0 Å². The van der Waals surface area contributed by atoms with Crippen LogP contribution in [0.25, 0.3) is 22.3 Å². The van der Waals surface area contributed by atoms with E-state index in [2.05, 4.69) is 44.5 Å². The highest BCUT2D eigenvalue weighted by Crippen LogP contribution is 2.33. The number of pyridine rings is 1. The van der Waals surface area contributed by atoms with Crippen molar-refractivity contribution in [3.63, 3.8) is 0 Å². The molecule has 1 saturated heterocycles. The molecule has 2 fully saturated rings. The third-order valence-corrected chi connectivity index (χ3v) is 6.01. The third-order valence-electron chi connectivity index (χ3n) is 6.01. The lowest BCUT2D eigenvalue weighted by Gasteiger charge is -2.36. The zero-order valence-corrected chi connectivity index (χ0v) is 17.2. The second-order valence-electron chi connectivity index (χ2n) is 8.09. The Hall–Kier alpha value is -3.22. The molecule has 30 heavy (non-hydrogen) atoms. The average molecular weight is 403 g/mol. The predicted molar refractivity (Wildman–Crippen MR) is 118 cm³/mol. The fraction of sp³-hybridized carbons (Fsp3) is 0.391. The molecular weight excluding hydrogens is 376 g/mol. The number of rotatable bonds is 5. The van der Waals surface area contributed by atoms with E-state index in [9.17, 15) is 4.79 Å². The van der Waals surface area contributed by atoms with Crippen molar-refractivity contribution in [2.24, 2.45) is 5.92 Å². The maximum Gasteiger partial charge on any atom is 0.222 e. The molecule has 3 aromatic rings. The fourth-order valence-electron chi connectivity index (χ4n) is 4.05. The molecule has 5 rings (SSSR count). The number of carbonyl (C=O) groups is 1. The van der Waals surface area contributed by atoms with Crippen LogP contribution in [0.5, 0.6) is 0 Å². The zero-order chi connectivity index (χ0) is 20.5. The standard InChI is InChI=1S/C23H26N6O/c1-24-23-22-20(25-8-9-26-22)15-19(27-23)17-4-6-18(7-5-17)28-10-12-29(13-11-28)21(30)14-16-2-3-16/h4-9,15-16H,2-3,10-14H2,1H3,(H,24,27). The van der Waals surface area contributed by atoms with Gasteiger partial charge >= 0.3 is 0 Å². The van der Waals surface area contributed by atoms with Gasteiger partial charge in [-0.15, -0.1) is 0 Å². The lowest BCUT2D eigenvalue weighted by atomic mass is 10.1. The number of piperazine rings is 1. The molecular formula is C23H26N6O. The molecule has 0 spiro atoms. The summed E-state index contributed by atoms with van der Waals surface area (Å²) in [5.41, 5.74) is 4.69. The first kappa shape index (κ1) is 18.8. The molecule has 3 heterocycles. The van der Waals surface area contributed by atoms with Crippen molar-refractivity contribution in [1.29, 1.82) is 0 Å². The molecule has 2 aliphatic rings. The summed E-state index contributed by atoms with van der Waals surface area (Å²) < 4.78 is 0. The Labute approximate surface area is 176 Å². The minimum atomic E-state index is 0.332. The van der Waals surface area contributed by atoms with Crippen molar-refractivity contribution in [3.8, 4) is 11.3 Å². The smallest absolute Gasteiger partial charge is 0.222 e. The Morgan fingerprint density at radius 2 is 1.80 bits per heavy atom. The van der Waals surface area contributed by atoms with Crippen LogP contribution in [0.1, 0.15) is 19.3 Å². The van der Waals surface area contributed by atoms with Crippen molar-refractivity contribution in [1.82, 2.24) is 19.9 Å². The summed E-state index contributed by atoms with van der Waals surface area (Å²) in [6.07, 6.45) is 6.58. The summed E-state index contributed by atoms with van der Waals surface area (Å²) in [6, 6.07) is 10.5. The fourth-order valence-corrected chi connectivity index (χ4v) is 4.05. The van der Waals surface area contributed by atoms with Crippen molar-refractivity contribution < 1.29 is 4.79 Å². The number of hydrogen-bond acceptors (Lipinski definition) is 6. The van der Waals surface area contributed by atoms with Crippen LogP contribution >= 0.6 is 0 Å². The van der Waals surface area contributed by atoms with Crippen LogP contribution < -0.4 is 10.2 Å². The van der Waals surface area contributed by atoms with Crippen LogP contribution in [0.3, 0.4) is 0 Å². The van der Waals surface area contributed by atoms with Crippen LogP contribution in [0.2, 0.25) is 0 Å². The maximum atomic E-state index is 12.3. The molecule has 0 radical (unpaired) electrons. The molecule has 1 saturated carbocycles. The summed E-state index contributed by atoms with van der Waals surface area (Å²) in [7, 11) is 1.85. The van der Waals surface area contributed by atoms with E-state index in [1.54, 1.807) is 12.4 Å². The normalized spacial score (nSPS) is 16.7. The Morgan fingerprint density at radius 3 is 2.50 bits per heavy atom. The van der Waals surface area contributed by atoms with E-state index in [0.29, 0.717) is 11.8 Å². The van der Waals surface area contributed by atoms with E-state index in [1.807, 2.05) is 18.0 Å². The first-order valence-corrected chi connectivity index (χ1v) is 10.6. The van der Waals surface area contributed by atoms with Crippen LogP contribution in [0.4, 0.5) is 11.5 Å². The molecule has 1 N–H and O–H groups in total. The number of amides is 1. The summed E-state index contributed by atoms with van der Waals surface area (Å²) in [5, 5.41) is 3.12. The van der Waals surface area contributed by atoms with Crippen molar-refractivity contribution in [2.45, 2.75) is 19.3 Å². The highest BCUT2D eigenvalue weighted by atomic mass is 16.2. The Kier molecular flexibility index (Phi) is 4.94. The molecule has 0 atom stereocenters. The van der Waals surface area contributed by atoms with Gasteiger partial charge in [-0.1, -0.05) is 12.1 Å². The maximum absolute atomic E-state index is 12.3. The molecule has 0 bridgehead atoms. The van der Waals surface area contributed by atoms with Gasteiger partial charge in [0.1, 0.15) is 5.52 Å². The molecule has 7 nitrogen and oxygen atoms in total. The predicted octanol–water partition coefficient (Wildman–Crippen LogP) is 3.18. The Balaban J connectivity index is 1.29. The van der Waals surface area contributed by atoms with Gasteiger partial charge in [-0.3, -0.25) is 9.78 Å². The number of carbonyl (C=O) groups excluding carboxylic acids is 1. The molecule has 1 aliphatic heterocycles. The first-order valence-electron chi connectivity index (χ1n) is 10.6.